The summed E-state index contributed by atoms with van der Waals surface area (Å²) in [7, 11) is 0. The Morgan fingerprint density at radius 1 is 1.31 bits per heavy atom. The van der Waals surface area contributed by atoms with E-state index >= 15 is 0 Å². The highest BCUT2D eigenvalue weighted by Crippen LogP contribution is 2.18. The van der Waals surface area contributed by atoms with Crippen LogP contribution in [0.3, 0.4) is 0 Å². The van der Waals surface area contributed by atoms with Crippen molar-refractivity contribution in [1.82, 2.24) is 24.6 Å². The van der Waals surface area contributed by atoms with Gasteiger partial charge in [-0.15, -0.1) is 0 Å². The zero-order chi connectivity index (χ0) is 20.5. The summed E-state index contributed by atoms with van der Waals surface area (Å²) in [4.78, 5) is 25.4. The fraction of sp³-hybridized carbons (Fsp3) is 0.158. The van der Waals surface area contributed by atoms with Gasteiger partial charge in [-0.05, 0) is 38.1 Å². The number of nitrogens with one attached hydrogen (secondary N) is 3. The van der Waals surface area contributed by atoms with Crippen molar-refractivity contribution in [2.24, 2.45) is 4.99 Å². The van der Waals surface area contributed by atoms with E-state index in [1.54, 1.807) is 35.0 Å². The van der Waals surface area contributed by atoms with Crippen molar-refractivity contribution in [2.45, 2.75) is 19.9 Å². The molecule has 0 aliphatic rings. The number of aromatic hydroxyl groups is 1. The highest BCUT2D eigenvalue weighted by atomic mass is 35.5. The van der Waals surface area contributed by atoms with Crippen LogP contribution in [-0.4, -0.2) is 35.7 Å². The molecule has 0 aliphatic heterocycles. The third-order valence-corrected chi connectivity index (χ3v) is 4.24. The van der Waals surface area contributed by atoms with E-state index in [1.165, 1.54) is 0 Å². The van der Waals surface area contributed by atoms with Gasteiger partial charge in [-0.1, -0.05) is 17.7 Å². The molecule has 0 fully saturated rings. The second kappa shape index (κ2) is 7.44. The van der Waals surface area contributed by atoms with Crippen LogP contribution in [0.15, 0.2) is 46.3 Å². The van der Waals surface area contributed by atoms with Gasteiger partial charge in [0.25, 0.3) is 0 Å². The summed E-state index contributed by atoms with van der Waals surface area (Å²) in [5.41, 5.74) is 1.64. The Kier molecular flexibility index (Phi) is 4.81. The molecule has 9 nitrogen and oxygen atoms in total. The minimum absolute atomic E-state index is 0.0429. The molecule has 4 aromatic rings. The number of nitrogens with zero attached hydrogens (tertiary/aromatic N) is 4. The first-order valence-electron chi connectivity index (χ1n) is 8.87. The molecule has 10 heteroatoms. The summed E-state index contributed by atoms with van der Waals surface area (Å²) in [5.74, 6) is 0.302. The highest BCUT2D eigenvalue weighted by molar-refractivity contribution is 6.30. The number of hydrogen-bond acceptors (Lipinski definition) is 6. The van der Waals surface area contributed by atoms with Crippen LogP contribution in [0.1, 0.15) is 19.5 Å². The van der Waals surface area contributed by atoms with Crippen molar-refractivity contribution in [2.75, 3.05) is 5.32 Å². The molecule has 4 rings (SSSR count). The lowest BCUT2D eigenvalue weighted by atomic mass is 10.3. The summed E-state index contributed by atoms with van der Waals surface area (Å²) in [5, 5.41) is 18.6. The number of fused-ring (bicyclic) bond motifs is 1. The first-order chi connectivity index (χ1) is 13.9. The number of benzene rings is 1. The molecule has 0 bridgehead atoms. The van der Waals surface area contributed by atoms with Crippen LogP contribution in [-0.2, 0) is 0 Å². The van der Waals surface area contributed by atoms with Gasteiger partial charge in [0.15, 0.2) is 11.1 Å². The fourth-order valence-electron chi connectivity index (χ4n) is 2.85. The maximum absolute atomic E-state index is 11.4. The number of rotatable bonds is 4. The number of anilines is 2. The molecule has 1 aromatic carbocycles. The van der Waals surface area contributed by atoms with Crippen LogP contribution in [0.2, 0.25) is 5.02 Å². The second-order valence-electron chi connectivity index (χ2n) is 6.68. The quantitative estimate of drug-likeness (QED) is 0.407. The molecule has 0 unspecified atom stereocenters. The predicted octanol–water partition coefficient (Wildman–Crippen LogP) is 1.71. The Hall–Kier alpha value is -3.59. The van der Waals surface area contributed by atoms with Gasteiger partial charge in [0, 0.05) is 28.0 Å². The maximum Gasteiger partial charge on any atom is 0.326 e. The van der Waals surface area contributed by atoms with Gasteiger partial charge in [-0.25, -0.2) is 9.78 Å². The Bertz CT molecular complexity index is 1370. The standard InChI is InChI=1S/C19H18ClN7O2/c1-10(2)22-16-8-15(23-13-5-3-4-12(20)7-13)25-17-11(9-21-27(16)17)6-14-18(28)26-19(29)24-14/h3-10,23,28H,1-2H3,(H2,24,26,29)/b11-6+,22-16?. The van der Waals surface area contributed by atoms with E-state index < -0.39 is 5.69 Å². The van der Waals surface area contributed by atoms with Gasteiger partial charge < -0.3 is 15.4 Å². The van der Waals surface area contributed by atoms with Crippen molar-refractivity contribution in [3.63, 3.8) is 0 Å². The van der Waals surface area contributed by atoms with Crippen LogP contribution in [0.5, 0.6) is 5.88 Å². The van der Waals surface area contributed by atoms with Crippen molar-refractivity contribution < 1.29 is 5.11 Å². The monoisotopic (exact) mass is 411 g/mol. The number of H-pyrrole nitrogens is 2. The van der Waals surface area contributed by atoms with E-state index in [4.69, 9.17) is 11.6 Å². The topological polar surface area (TPSA) is 123 Å². The van der Waals surface area contributed by atoms with E-state index in [1.807, 2.05) is 26.0 Å². The molecule has 0 saturated heterocycles. The van der Waals surface area contributed by atoms with E-state index in [-0.39, 0.29) is 17.6 Å². The number of aromatic nitrogens is 5. The predicted molar refractivity (Wildman–Crippen MR) is 110 cm³/mol. The van der Waals surface area contributed by atoms with Crippen molar-refractivity contribution in [3.8, 4) is 5.88 Å². The Morgan fingerprint density at radius 2 is 2.14 bits per heavy atom. The number of hydrogen-bond donors (Lipinski definition) is 4. The van der Waals surface area contributed by atoms with Crippen molar-refractivity contribution in [3.05, 3.63) is 68.4 Å². The molecule has 3 aromatic heterocycles. The van der Waals surface area contributed by atoms with Crippen LogP contribution in [0.4, 0.5) is 11.5 Å². The lowest BCUT2D eigenvalue weighted by Gasteiger charge is -2.07. The minimum atomic E-state index is -0.503. The van der Waals surface area contributed by atoms with Crippen LogP contribution in [0.25, 0.3) is 11.7 Å². The molecule has 0 saturated carbocycles. The summed E-state index contributed by atoms with van der Waals surface area (Å²) in [6.07, 6.45) is 3.18. The Labute approximate surface area is 169 Å². The van der Waals surface area contributed by atoms with Gasteiger partial charge in [-0.3, -0.25) is 9.98 Å². The molecular weight excluding hydrogens is 394 g/mol. The average molecular weight is 412 g/mol. The van der Waals surface area contributed by atoms with Gasteiger partial charge in [-0.2, -0.15) is 9.61 Å². The molecule has 0 spiro atoms. The maximum atomic E-state index is 11.4. The lowest BCUT2D eigenvalue weighted by molar-refractivity contribution is 0.454. The smallest absolute Gasteiger partial charge is 0.326 e. The van der Waals surface area contributed by atoms with E-state index in [0.717, 1.165) is 5.69 Å². The SMILES string of the molecule is CC(C)N=c1cc(Nc2cccc(Cl)c2)nc2/c(=C/c3[nH]c(=O)[nH]c3O)cnn12. The molecular formula is C19H18ClN7O2. The van der Waals surface area contributed by atoms with Gasteiger partial charge in [0.05, 0.1) is 6.20 Å². The van der Waals surface area contributed by atoms with Gasteiger partial charge in [0.2, 0.25) is 5.88 Å². The number of imidazole rings is 1. The molecule has 0 aliphatic carbocycles. The lowest BCUT2D eigenvalue weighted by Crippen LogP contribution is -2.20. The molecule has 148 valence electrons. The molecule has 0 amide bonds. The van der Waals surface area contributed by atoms with Crippen LogP contribution in [0, 0.1) is 0 Å². The number of aromatic amines is 2. The van der Waals surface area contributed by atoms with E-state index in [9.17, 15) is 9.90 Å². The zero-order valence-electron chi connectivity index (χ0n) is 15.6. The average Bonchev–Trinajstić information content (AvgIpc) is 3.18. The van der Waals surface area contributed by atoms with Gasteiger partial charge >= 0.3 is 5.69 Å². The molecule has 0 radical (unpaired) electrons. The van der Waals surface area contributed by atoms with Crippen LogP contribution >= 0.6 is 11.6 Å². The van der Waals surface area contributed by atoms with E-state index in [0.29, 0.717) is 27.2 Å². The first-order valence-corrected chi connectivity index (χ1v) is 9.25. The minimum Gasteiger partial charge on any atom is -0.493 e. The molecule has 0 atom stereocenters. The first kappa shape index (κ1) is 18.8. The Balaban J connectivity index is 1.92. The highest BCUT2D eigenvalue weighted by Gasteiger charge is 2.09. The Morgan fingerprint density at radius 3 is 2.83 bits per heavy atom. The summed E-state index contributed by atoms with van der Waals surface area (Å²) in [6.45, 7) is 3.94. The fourth-order valence-corrected chi connectivity index (χ4v) is 3.04. The zero-order valence-corrected chi connectivity index (χ0v) is 16.4. The third-order valence-electron chi connectivity index (χ3n) is 4.00. The summed E-state index contributed by atoms with van der Waals surface area (Å²) >= 11 is 6.07. The summed E-state index contributed by atoms with van der Waals surface area (Å²) < 4.78 is 1.61. The number of halogens is 1. The van der Waals surface area contributed by atoms with Gasteiger partial charge in [0.1, 0.15) is 11.5 Å². The molecule has 3 heterocycles. The normalized spacial score (nSPS) is 13.0. The second-order valence-corrected chi connectivity index (χ2v) is 7.12. The molecule has 29 heavy (non-hydrogen) atoms. The van der Waals surface area contributed by atoms with Crippen molar-refractivity contribution >= 4 is 34.8 Å². The van der Waals surface area contributed by atoms with Crippen molar-refractivity contribution in [1.29, 1.82) is 0 Å². The van der Waals surface area contributed by atoms with E-state index in [2.05, 4.69) is 30.4 Å². The van der Waals surface area contributed by atoms with Crippen LogP contribution < -0.4 is 21.7 Å². The third kappa shape index (κ3) is 3.99. The molecule has 4 N–H and O–H groups in total. The largest absolute Gasteiger partial charge is 0.493 e. The summed E-state index contributed by atoms with van der Waals surface area (Å²) in [6, 6.07) is 9.13.